The van der Waals surface area contributed by atoms with Gasteiger partial charge in [-0.3, -0.25) is 4.79 Å². The smallest absolute Gasteiger partial charge is 0.242 e. The van der Waals surface area contributed by atoms with Gasteiger partial charge in [0.05, 0.1) is 24.7 Å². The maximum atomic E-state index is 13.0. The average Bonchev–Trinajstić information content (AvgIpc) is 2.95. The van der Waals surface area contributed by atoms with E-state index in [9.17, 15) is 13.2 Å². The van der Waals surface area contributed by atoms with Crippen molar-refractivity contribution in [3.05, 3.63) is 29.8 Å². The van der Waals surface area contributed by atoms with E-state index in [1.165, 1.54) is 5.56 Å². The Morgan fingerprint density at radius 1 is 1.36 bits per heavy atom. The number of hydrogen-bond acceptors (Lipinski definition) is 5. The van der Waals surface area contributed by atoms with Crippen molar-refractivity contribution >= 4 is 21.4 Å². The monoisotopic (exact) mass is 366 g/mol. The lowest BCUT2D eigenvalue weighted by atomic mass is 10.0. The average molecular weight is 366 g/mol. The summed E-state index contributed by atoms with van der Waals surface area (Å²) in [5.41, 5.74) is 2.39. The highest BCUT2D eigenvalue weighted by molar-refractivity contribution is 7.91. The van der Waals surface area contributed by atoms with Crippen molar-refractivity contribution in [2.45, 2.75) is 25.3 Å². The van der Waals surface area contributed by atoms with Gasteiger partial charge in [-0.1, -0.05) is 18.2 Å². The van der Waals surface area contributed by atoms with E-state index in [0.29, 0.717) is 19.6 Å². The van der Waals surface area contributed by atoms with E-state index in [1.54, 1.807) is 12.0 Å². The van der Waals surface area contributed by atoms with Gasteiger partial charge in [0.25, 0.3) is 0 Å². The molecular formula is C18H26N2O4S. The number of rotatable bonds is 6. The minimum Gasteiger partial charge on any atom is -0.383 e. The minimum atomic E-state index is -3.03. The van der Waals surface area contributed by atoms with Gasteiger partial charge in [-0.05, 0) is 30.9 Å². The van der Waals surface area contributed by atoms with Crippen molar-refractivity contribution in [3.8, 4) is 0 Å². The van der Waals surface area contributed by atoms with Crippen molar-refractivity contribution in [1.82, 2.24) is 4.90 Å². The minimum absolute atomic E-state index is 0.0177. The maximum Gasteiger partial charge on any atom is 0.242 e. The predicted octanol–water partition coefficient (Wildman–Crippen LogP) is 1.10. The second-order valence-corrected chi connectivity index (χ2v) is 9.02. The first-order valence-electron chi connectivity index (χ1n) is 8.82. The maximum absolute atomic E-state index is 13.0. The third kappa shape index (κ3) is 4.33. The third-order valence-corrected chi connectivity index (χ3v) is 6.79. The Morgan fingerprint density at radius 3 is 2.88 bits per heavy atom. The summed E-state index contributed by atoms with van der Waals surface area (Å²) < 4.78 is 28.8. The lowest BCUT2D eigenvalue weighted by Crippen LogP contribution is -2.48. The number of aryl methyl sites for hydroxylation is 1. The Labute approximate surface area is 149 Å². The molecule has 0 radical (unpaired) electrons. The number of methoxy groups -OCH3 is 1. The van der Waals surface area contributed by atoms with Gasteiger partial charge >= 0.3 is 0 Å². The van der Waals surface area contributed by atoms with E-state index >= 15 is 0 Å². The van der Waals surface area contributed by atoms with Gasteiger partial charge in [0.2, 0.25) is 5.91 Å². The molecule has 1 aromatic rings. The highest BCUT2D eigenvalue weighted by atomic mass is 32.2. The standard InChI is InChI=1S/C18H26N2O4S/c1-24-11-10-20(16-8-12-25(22,23)14-16)18(21)13-19-9-4-6-15-5-2-3-7-17(15)19/h2-3,5,7,16H,4,6,8-14H2,1H3/t16-/m1/s1. The van der Waals surface area contributed by atoms with Crippen LogP contribution in [0.25, 0.3) is 0 Å². The molecule has 1 aromatic carbocycles. The van der Waals surface area contributed by atoms with Gasteiger partial charge in [0.1, 0.15) is 0 Å². The fourth-order valence-corrected chi connectivity index (χ4v) is 5.48. The van der Waals surface area contributed by atoms with Gasteiger partial charge in [0, 0.05) is 31.9 Å². The number of sulfone groups is 1. The SMILES string of the molecule is COCCN(C(=O)CN1CCCc2ccccc21)[C@@H]1CCS(=O)(=O)C1. The van der Waals surface area contributed by atoms with Crippen LogP contribution in [0.1, 0.15) is 18.4 Å². The number of para-hydroxylation sites is 1. The molecule has 0 unspecified atom stereocenters. The normalized spacial score (nSPS) is 21.8. The van der Waals surface area contributed by atoms with Crippen molar-refractivity contribution in [3.63, 3.8) is 0 Å². The summed E-state index contributed by atoms with van der Waals surface area (Å²) in [7, 11) is -1.44. The molecule has 2 heterocycles. The van der Waals surface area contributed by atoms with Gasteiger partial charge < -0.3 is 14.5 Å². The van der Waals surface area contributed by atoms with Crippen LogP contribution in [0.15, 0.2) is 24.3 Å². The zero-order valence-electron chi connectivity index (χ0n) is 14.7. The molecule has 2 aliphatic heterocycles. The summed E-state index contributed by atoms with van der Waals surface area (Å²) in [6, 6.07) is 7.96. The molecule has 1 saturated heterocycles. The highest BCUT2D eigenvalue weighted by Crippen LogP contribution is 2.27. The Morgan fingerprint density at radius 2 is 2.16 bits per heavy atom. The second-order valence-electron chi connectivity index (χ2n) is 6.79. The highest BCUT2D eigenvalue weighted by Gasteiger charge is 2.35. The van der Waals surface area contributed by atoms with Crippen LogP contribution in [0.2, 0.25) is 0 Å². The van der Waals surface area contributed by atoms with E-state index < -0.39 is 9.84 Å². The molecule has 7 heteroatoms. The Hall–Kier alpha value is -1.60. The summed E-state index contributed by atoms with van der Waals surface area (Å²) in [5.74, 6) is 0.218. The molecule has 25 heavy (non-hydrogen) atoms. The van der Waals surface area contributed by atoms with Crippen LogP contribution < -0.4 is 4.90 Å². The first-order chi connectivity index (χ1) is 12.0. The number of benzene rings is 1. The fraction of sp³-hybridized carbons (Fsp3) is 0.611. The van der Waals surface area contributed by atoms with Crippen molar-refractivity contribution in [2.24, 2.45) is 0 Å². The molecule has 0 aromatic heterocycles. The molecular weight excluding hydrogens is 340 g/mol. The number of nitrogens with zero attached hydrogens (tertiary/aromatic N) is 2. The Balaban J connectivity index is 1.73. The largest absolute Gasteiger partial charge is 0.383 e. The lowest BCUT2D eigenvalue weighted by molar-refractivity contribution is -0.132. The molecule has 0 N–H and O–H groups in total. The zero-order valence-corrected chi connectivity index (χ0v) is 15.5. The molecule has 138 valence electrons. The van der Waals surface area contributed by atoms with E-state index in [2.05, 4.69) is 17.0 Å². The van der Waals surface area contributed by atoms with Crippen LogP contribution in [0.3, 0.4) is 0 Å². The number of hydrogen-bond donors (Lipinski definition) is 0. The molecule has 6 nitrogen and oxygen atoms in total. The fourth-order valence-electron chi connectivity index (χ4n) is 3.75. The van der Waals surface area contributed by atoms with Crippen molar-refractivity contribution in [2.75, 3.05) is 49.8 Å². The molecule has 0 spiro atoms. The van der Waals surface area contributed by atoms with Crippen molar-refractivity contribution in [1.29, 1.82) is 0 Å². The molecule has 1 amide bonds. The molecule has 0 bridgehead atoms. The molecule has 1 atom stereocenters. The first-order valence-corrected chi connectivity index (χ1v) is 10.6. The lowest BCUT2D eigenvalue weighted by Gasteiger charge is -2.34. The first kappa shape index (κ1) is 18.2. The van der Waals surface area contributed by atoms with E-state index in [4.69, 9.17) is 4.74 Å². The van der Waals surface area contributed by atoms with E-state index in [-0.39, 0.29) is 30.0 Å². The Bertz CT molecular complexity index is 720. The third-order valence-electron chi connectivity index (χ3n) is 5.04. The van der Waals surface area contributed by atoms with Crippen LogP contribution in [0, 0.1) is 0 Å². The van der Waals surface area contributed by atoms with Crippen LogP contribution in [-0.2, 0) is 25.8 Å². The van der Waals surface area contributed by atoms with Crippen LogP contribution in [-0.4, -0.2) is 70.1 Å². The number of fused-ring (bicyclic) bond motifs is 1. The van der Waals surface area contributed by atoms with Gasteiger partial charge in [-0.15, -0.1) is 0 Å². The summed E-state index contributed by atoms with van der Waals surface area (Å²) in [6.07, 6.45) is 2.59. The number of amides is 1. The molecule has 0 aliphatic carbocycles. The Kier molecular flexibility index (Phi) is 5.64. The summed E-state index contributed by atoms with van der Waals surface area (Å²) in [6.45, 7) is 1.99. The van der Waals surface area contributed by atoms with E-state index in [0.717, 1.165) is 25.1 Å². The summed E-state index contributed by atoms with van der Waals surface area (Å²) >= 11 is 0. The number of ether oxygens (including phenoxy) is 1. The molecule has 3 rings (SSSR count). The predicted molar refractivity (Wildman–Crippen MR) is 97.6 cm³/mol. The van der Waals surface area contributed by atoms with Crippen LogP contribution >= 0.6 is 0 Å². The number of carbonyl (C=O) groups excluding carboxylic acids is 1. The van der Waals surface area contributed by atoms with Gasteiger partial charge in [-0.25, -0.2) is 8.42 Å². The van der Waals surface area contributed by atoms with E-state index in [1.807, 2.05) is 12.1 Å². The molecule has 1 fully saturated rings. The van der Waals surface area contributed by atoms with Crippen LogP contribution in [0.5, 0.6) is 0 Å². The molecule has 2 aliphatic rings. The summed E-state index contributed by atoms with van der Waals surface area (Å²) in [4.78, 5) is 16.8. The van der Waals surface area contributed by atoms with Crippen LogP contribution in [0.4, 0.5) is 5.69 Å². The second kappa shape index (κ2) is 7.74. The quantitative estimate of drug-likeness (QED) is 0.754. The zero-order chi connectivity index (χ0) is 17.9. The van der Waals surface area contributed by atoms with Gasteiger partial charge in [0.15, 0.2) is 9.84 Å². The number of carbonyl (C=O) groups is 1. The topological polar surface area (TPSA) is 66.9 Å². The summed E-state index contributed by atoms with van der Waals surface area (Å²) in [5, 5.41) is 0. The van der Waals surface area contributed by atoms with Crippen molar-refractivity contribution < 1.29 is 17.9 Å². The molecule has 0 saturated carbocycles. The number of anilines is 1. The van der Waals surface area contributed by atoms with Gasteiger partial charge in [-0.2, -0.15) is 0 Å².